The summed E-state index contributed by atoms with van der Waals surface area (Å²) in [4.78, 5) is 5.39. The topological polar surface area (TPSA) is 73.1 Å². The Kier molecular flexibility index (Phi) is 4.08. The van der Waals surface area contributed by atoms with Crippen LogP contribution in [0, 0.1) is 10.8 Å². The number of ether oxygens (including phenoxy) is 1. The van der Waals surface area contributed by atoms with Crippen LogP contribution in [0.2, 0.25) is 10.3 Å². The first-order valence-electron chi connectivity index (χ1n) is 5.69. The third kappa shape index (κ3) is 2.88. The normalized spacial score (nSPS) is 16.6. The van der Waals surface area contributed by atoms with E-state index in [1.807, 2.05) is 0 Å². The van der Waals surface area contributed by atoms with Crippen molar-refractivity contribution in [2.24, 2.45) is 0 Å². The van der Waals surface area contributed by atoms with Crippen molar-refractivity contribution >= 4 is 35.4 Å². The highest BCUT2D eigenvalue weighted by Crippen LogP contribution is 2.37. The molecule has 0 saturated carbocycles. The number of pyridine rings is 1. The summed E-state index contributed by atoms with van der Waals surface area (Å²) in [6.07, 6.45) is 1.58. The number of nitrogens with one attached hydrogen (secondary N) is 2. The van der Waals surface area contributed by atoms with E-state index in [0.29, 0.717) is 35.8 Å². The molecule has 19 heavy (non-hydrogen) atoms. The lowest BCUT2D eigenvalue weighted by Gasteiger charge is -2.42. The minimum Gasteiger partial charge on any atom is -0.379 e. The van der Waals surface area contributed by atoms with Gasteiger partial charge in [-0.2, -0.15) is 0 Å². The minimum atomic E-state index is -0.301. The summed E-state index contributed by atoms with van der Waals surface area (Å²) in [5, 5.41) is 15.8. The minimum absolute atomic E-state index is 0.301. The summed E-state index contributed by atoms with van der Waals surface area (Å²) in [5.41, 5.74) is 0.622. The van der Waals surface area contributed by atoms with Crippen LogP contribution < -0.4 is 0 Å². The molecule has 5 nitrogen and oxygen atoms in total. The van der Waals surface area contributed by atoms with Gasteiger partial charge in [-0.1, -0.05) is 23.2 Å². The van der Waals surface area contributed by atoms with E-state index in [1.165, 1.54) is 4.90 Å². The molecule has 0 unspecified atom stereocenters. The standard InChI is InChI=1S/C12H14Cl2N4O/c1-18(7-15)11(16)4-12(5-19-6-12)8-2-9(13)17-10(14)3-8/h2-3,7,15-16H,4-6H2,1H3. The van der Waals surface area contributed by atoms with Gasteiger partial charge < -0.3 is 9.64 Å². The Bertz CT molecular complexity index is 496. The van der Waals surface area contributed by atoms with Crippen LogP contribution in [0.4, 0.5) is 0 Å². The molecule has 1 fully saturated rings. The van der Waals surface area contributed by atoms with Gasteiger partial charge >= 0.3 is 0 Å². The van der Waals surface area contributed by atoms with Gasteiger partial charge in [0, 0.05) is 18.9 Å². The van der Waals surface area contributed by atoms with Gasteiger partial charge in [-0.3, -0.25) is 10.8 Å². The van der Waals surface area contributed by atoms with E-state index in [2.05, 4.69) is 4.98 Å². The molecule has 7 heteroatoms. The van der Waals surface area contributed by atoms with E-state index >= 15 is 0 Å². The number of nitrogens with zero attached hydrogens (tertiary/aromatic N) is 2. The summed E-state index contributed by atoms with van der Waals surface area (Å²) >= 11 is 11.9. The van der Waals surface area contributed by atoms with Crippen LogP contribution in [0.15, 0.2) is 12.1 Å². The number of amidine groups is 1. The van der Waals surface area contributed by atoms with Crippen molar-refractivity contribution in [1.29, 1.82) is 10.8 Å². The van der Waals surface area contributed by atoms with Gasteiger partial charge in [0.05, 0.1) is 19.6 Å². The van der Waals surface area contributed by atoms with Crippen LogP contribution in [-0.2, 0) is 10.2 Å². The molecule has 0 aromatic carbocycles. The summed E-state index contributed by atoms with van der Waals surface area (Å²) in [6.45, 7) is 1.02. The maximum absolute atomic E-state index is 7.98. The first-order chi connectivity index (χ1) is 8.97. The number of halogens is 2. The number of hydrogen-bond acceptors (Lipinski definition) is 4. The average Bonchev–Trinajstić information content (AvgIpc) is 2.31. The van der Waals surface area contributed by atoms with Crippen LogP contribution in [0.25, 0.3) is 0 Å². The number of rotatable bonds is 4. The van der Waals surface area contributed by atoms with Crippen molar-refractivity contribution in [2.75, 3.05) is 20.3 Å². The van der Waals surface area contributed by atoms with E-state index in [-0.39, 0.29) is 5.41 Å². The quantitative estimate of drug-likeness (QED) is 0.510. The molecule has 1 aliphatic heterocycles. The number of hydrogen-bond donors (Lipinski definition) is 2. The second-order valence-corrected chi connectivity index (χ2v) is 5.41. The van der Waals surface area contributed by atoms with Crippen LogP contribution in [0.5, 0.6) is 0 Å². The zero-order valence-corrected chi connectivity index (χ0v) is 11.9. The second kappa shape index (κ2) is 5.45. The van der Waals surface area contributed by atoms with Gasteiger partial charge in [0.15, 0.2) is 0 Å². The Morgan fingerprint density at radius 3 is 2.47 bits per heavy atom. The van der Waals surface area contributed by atoms with E-state index in [4.69, 9.17) is 38.8 Å². The maximum Gasteiger partial charge on any atom is 0.131 e. The zero-order chi connectivity index (χ0) is 14.0. The Balaban J connectivity index is 2.27. The number of aromatic nitrogens is 1. The van der Waals surface area contributed by atoms with Crippen molar-refractivity contribution in [1.82, 2.24) is 9.88 Å². The van der Waals surface area contributed by atoms with E-state index < -0.39 is 0 Å². The molecule has 102 valence electrons. The fourth-order valence-corrected chi connectivity index (χ4v) is 2.47. The summed E-state index contributed by atoms with van der Waals surface area (Å²) in [7, 11) is 1.68. The van der Waals surface area contributed by atoms with Gasteiger partial charge in [-0.25, -0.2) is 4.98 Å². The smallest absolute Gasteiger partial charge is 0.131 e. The molecule has 2 N–H and O–H groups in total. The van der Waals surface area contributed by atoms with Crippen LogP contribution in [-0.4, -0.2) is 42.3 Å². The van der Waals surface area contributed by atoms with Crippen molar-refractivity contribution in [3.8, 4) is 0 Å². The van der Waals surface area contributed by atoms with Gasteiger partial charge in [-0.05, 0) is 17.7 Å². The van der Waals surface area contributed by atoms with E-state index in [9.17, 15) is 0 Å². The molecule has 0 bridgehead atoms. The molecule has 2 rings (SSSR count). The zero-order valence-electron chi connectivity index (χ0n) is 10.4. The lowest BCUT2D eigenvalue weighted by molar-refractivity contribution is -0.0571. The van der Waals surface area contributed by atoms with Crippen LogP contribution in [0.1, 0.15) is 12.0 Å². The predicted octanol–water partition coefficient (Wildman–Crippen LogP) is 2.56. The Labute approximate surface area is 121 Å². The Morgan fingerprint density at radius 1 is 1.47 bits per heavy atom. The molecular weight excluding hydrogens is 287 g/mol. The largest absolute Gasteiger partial charge is 0.379 e. The van der Waals surface area contributed by atoms with Crippen LogP contribution >= 0.6 is 23.2 Å². The Morgan fingerprint density at radius 2 is 2.05 bits per heavy atom. The fraction of sp³-hybridized carbons (Fsp3) is 0.417. The molecule has 0 amide bonds. The predicted molar refractivity (Wildman–Crippen MR) is 75.6 cm³/mol. The van der Waals surface area contributed by atoms with Gasteiger partial charge in [0.25, 0.3) is 0 Å². The van der Waals surface area contributed by atoms with Crippen molar-refractivity contribution in [2.45, 2.75) is 11.8 Å². The fourth-order valence-electron chi connectivity index (χ4n) is 2.01. The molecule has 1 saturated heterocycles. The van der Waals surface area contributed by atoms with Crippen molar-refractivity contribution in [3.63, 3.8) is 0 Å². The van der Waals surface area contributed by atoms with E-state index in [0.717, 1.165) is 11.9 Å². The van der Waals surface area contributed by atoms with E-state index in [1.54, 1.807) is 19.2 Å². The monoisotopic (exact) mass is 300 g/mol. The Hall–Kier alpha value is -1.17. The maximum atomic E-state index is 7.98. The first-order valence-corrected chi connectivity index (χ1v) is 6.45. The molecule has 1 aliphatic rings. The highest BCUT2D eigenvalue weighted by Gasteiger charge is 2.42. The summed E-state index contributed by atoms with van der Waals surface area (Å²) in [5.74, 6) is 0.349. The lowest BCUT2D eigenvalue weighted by atomic mass is 9.76. The molecule has 0 radical (unpaired) electrons. The van der Waals surface area contributed by atoms with Crippen LogP contribution in [0.3, 0.4) is 0 Å². The molecule has 0 aliphatic carbocycles. The molecule has 2 heterocycles. The van der Waals surface area contributed by atoms with Gasteiger partial charge in [-0.15, -0.1) is 0 Å². The van der Waals surface area contributed by atoms with Crippen molar-refractivity contribution < 1.29 is 4.74 Å². The first kappa shape index (κ1) is 14.2. The highest BCUT2D eigenvalue weighted by atomic mass is 35.5. The highest BCUT2D eigenvalue weighted by molar-refractivity contribution is 6.32. The molecule has 0 atom stereocenters. The molecular formula is C12H14Cl2N4O. The molecule has 1 aromatic rings. The lowest BCUT2D eigenvalue weighted by Crippen LogP contribution is -2.49. The molecule has 0 spiro atoms. The third-order valence-corrected chi connectivity index (χ3v) is 3.64. The summed E-state index contributed by atoms with van der Waals surface area (Å²) < 4.78 is 5.31. The summed E-state index contributed by atoms with van der Waals surface area (Å²) in [6, 6.07) is 3.52. The SMILES string of the molecule is CN(C=N)C(=N)CC1(c2cc(Cl)nc(Cl)c2)COC1. The molecule has 1 aromatic heterocycles. The second-order valence-electron chi connectivity index (χ2n) is 4.64. The van der Waals surface area contributed by atoms with Crippen molar-refractivity contribution in [3.05, 3.63) is 28.0 Å². The van der Waals surface area contributed by atoms with Gasteiger partial charge in [0.2, 0.25) is 0 Å². The van der Waals surface area contributed by atoms with Gasteiger partial charge in [0.1, 0.15) is 16.1 Å². The average molecular weight is 301 g/mol. The third-order valence-electron chi connectivity index (χ3n) is 3.26.